The second-order valence-electron chi connectivity index (χ2n) is 4.51. The lowest BCUT2D eigenvalue weighted by Crippen LogP contribution is -2.48. The van der Waals surface area contributed by atoms with Crippen molar-refractivity contribution in [3.05, 3.63) is 29.5 Å². The summed E-state index contributed by atoms with van der Waals surface area (Å²) >= 11 is 1.62. The molecule has 1 saturated carbocycles. The van der Waals surface area contributed by atoms with Gasteiger partial charge in [0.25, 0.3) is 0 Å². The molecule has 3 rings (SSSR count). The molecule has 0 amide bonds. The predicted octanol–water partition coefficient (Wildman–Crippen LogP) is 2.83. The largest absolute Gasteiger partial charge is 0.462 e. The standard InChI is InChI=1S/C12H14N2OS/c13-12(4-2-5-12)7-9-8-16-11(14-9)10-3-1-6-15-10/h1,3,6,8H,2,4-5,7,13H2. The zero-order valence-electron chi connectivity index (χ0n) is 8.98. The second-order valence-corrected chi connectivity index (χ2v) is 5.37. The first-order valence-electron chi connectivity index (χ1n) is 5.52. The van der Waals surface area contributed by atoms with Crippen LogP contribution in [0.3, 0.4) is 0 Å². The Morgan fingerprint density at radius 2 is 2.38 bits per heavy atom. The van der Waals surface area contributed by atoms with E-state index >= 15 is 0 Å². The molecule has 2 N–H and O–H groups in total. The third kappa shape index (κ3) is 1.79. The van der Waals surface area contributed by atoms with Crippen LogP contribution in [0.1, 0.15) is 25.0 Å². The number of hydrogen-bond acceptors (Lipinski definition) is 4. The molecular formula is C12H14N2OS. The van der Waals surface area contributed by atoms with Gasteiger partial charge in [0.1, 0.15) is 0 Å². The monoisotopic (exact) mass is 234 g/mol. The Balaban J connectivity index is 1.78. The van der Waals surface area contributed by atoms with E-state index in [0.717, 1.165) is 35.7 Å². The first kappa shape index (κ1) is 10.1. The summed E-state index contributed by atoms with van der Waals surface area (Å²) in [5, 5.41) is 3.04. The maximum Gasteiger partial charge on any atom is 0.162 e. The van der Waals surface area contributed by atoms with E-state index in [2.05, 4.69) is 10.4 Å². The molecule has 1 aliphatic rings. The fourth-order valence-electron chi connectivity index (χ4n) is 2.07. The van der Waals surface area contributed by atoms with Gasteiger partial charge in [0.15, 0.2) is 10.8 Å². The first-order valence-corrected chi connectivity index (χ1v) is 6.40. The summed E-state index contributed by atoms with van der Waals surface area (Å²) in [6.07, 6.45) is 6.07. The van der Waals surface area contributed by atoms with Crippen molar-refractivity contribution in [3.63, 3.8) is 0 Å². The number of furan rings is 1. The van der Waals surface area contributed by atoms with E-state index in [0.29, 0.717) is 0 Å². The summed E-state index contributed by atoms with van der Waals surface area (Å²) in [7, 11) is 0. The van der Waals surface area contributed by atoms with Gasteiger partial charge < -0.3 is 10.2 Å². The van der Waals surface area contributed by atoms with E-state index < -0.39 is 0 Å². The highest BCUT2D eigenvalue weighted by atomic mass is 32.1. The first-order chi connectivity index (χ1) is 7.75. The molecule has 16 heavy (non-hydrogen) atoms. The number of nitrogens with zero attached hydrogens (tertiary/aromatic N) is 1. The van der Waals surface area contributed by atoms with Crippen molar-refractivity contribution in [2.45, 2.75) is 31.2 Å². The van der Waals surface area contributed by atoms with Crippen LogP contribution in [0.4, 0.5) is 0 Å². The zero-order chi connectivity index (χ0) is 11.0. The second kappa shape index (κ2) is 3.71. The topological polar surface area (TPSA) is 52.0 Å². The highest BCUT2D eigenvalue weighted by molar-refractivity contribution is 7.13. The molecule has 2 aromatic rings. The number of hydrogen-bond donors (Lipinski definition) is 1. The highest BCUT2D eigenvalue weighted by Crippen LogP contribution is 2.33. The van der Waals surface area contributed by atoms with Gasteiger partial charge in [-0.3, -0.25) is 0 Å². The summed E-state index contributed by atoms with van der Waals surface area (Å²) in [5.74, 6) is 0.843. The normalized spacial score (nSPS) is 18.3. The van der Waals surface area contributed by atoms with Gasteiger partial charge in [0, 0.05) is 17.3 Å². The predicted molar refractivity (Wildman–Crippen MR) is 64.3 cm³/mol. The minimum Gasteiger partial charge on any atom is -0.462 e. The van der Waals surface area contributed by atoms with Gasteiger partial charge in [-0.2, -0.15) is 0 Å². The van der Waals surface area contributed by atoms with Gasteiger partial charge in [-0.25, -0.2) is 4.98 Å². The van der Waals surface area contributed by atoms with E-state index in [4.69, 9.17) is 10.2 Å². The molecule has 1 aliphatic carbocycles. The Morgan fingerprint density at radius 1 is 1.50 bits per heavy atom. The van der Waals surface area contributed by atoms with Crippen LogP contribution in [0.25, 0.3) is 10.8 Å². The molecule has 0 unspecified atom stereocenters. The maximum absolute atomic E-state index is 6.20. The van der Waals surface area contributed by atoms with Gasteiger partial charge in [0.2, 0.25) is 0 Å². The van der Waals surface area contributed by atoms with Crippen LogP contribution in [-0.4, -0.2) is 10.5 Å². The average Bonchev–Trinajstić information content (AvgIpc) is 2.83. The Hall–Kier alpha value is -1.13. The minimum atomic E-state index is 0.00844. The van der Waals surface area contributed by atoms with E-state index in [9.17, 15) is 0 Å². The zero-order valence-corrected chi connectivity index (χ0v) is 9.80. The molecule has 0 radical (unpaired) electrons. The van der Waals surface area contributed by atoms with Gasteiger partial charge in [-0.1, -0.05) is 0 Å². The van der Waals surface area contributed by atoms with Crippen molar-refractivity contribution in [3.8, 4) is 10.8 Å². The van der Waals surface area contributed by atoms with Gasteiger partial charge >= 0.3 is 0 Å². The van der Waals surface area contributed by atoms with E-state index in [-0.39, 0.29) is 5.54 Å². The van der Waals surface area contributed by atoms with Crippen LogP contribution in [0.5, 0.6) is 0 Å². The summed E-state index contributed by atoms with van der Waals surface area (Å²) in [6, 6.07) is 3.82. The van der Waals surface area contributed by atoms with Crippen LogP contribution in [0.15, 0.2) is 28.2 Å². The molecule has 0 saturated heterocycles. The van der Waals surface area contributed by atoms with E-state index in [1.807, 2.05) is 12.1 Å². The van der Waals surface area contributed by atoms with Crippen molar-refractivity contribution in [2.24, 2.45) is 5.73 Å². The number of aromatic nitrogens is 1. The molecule has 0 atom stereocenters. The Bertz CT molecular complexity index is 471. The van der Waals surface area contributed by atoms with Gasteiger partial charge in [-0.05, 0) is 31.4 Å². The fraction of sp³-hybridized carbons (Fsp3) is 0.417. The molecule has 0 spiro atoms. The fourth-order valence-corrected chi connectivity index (χ4v) is 2.86. The highest BCUT2D eigenvalue weighted by Gasteiger charge is 2.33. The Labute approximate surface area is 98.3 Å². The summed E-state index contributed by atoms with van der Waals surface area (Å²) in [6.45, 7) is 0. The molecule has 4 heteroatoms. The van der Waals surface area contributed by atoms with Crippen LogP contribution in [0, 0.1) is 0 Å². The molecule has 84 valence electrons. The van der Waals surface area contributed by atoms with Crippen molar-refractivity contribution in [1.82, 2.24) is 4.98 Å². The van der Waals surface area contributed by atoms with Gasteiger partial charge in [-0.15, -0.1) is 11.3 Å². The van der Waals surface area contributed by atoms with Crippen molar-refractivity contribution in [2.75, 3.05) is 0 Å². The smallest absolute Gasteiger partial charge is 0.162 e. The number of rotatable bonds is 3. The quantitative estimate of drug-likeness (QED) is 0.888. The lowest BCUT2D eigenvalue weighted by atomic mass is 9.75. The minimum absolute atomic E-state index is 0.00844. The Morgan fingerprint density at radius 3 is 3.00 bits per heavy atom. The lowest BCUT2D eigenvalue weighted by molar-refractivity contribution is 0.246. The van der Waals surface area contributed by atoms with E-state index in [1.165, 1.54) is 6.42 Å². The number of nitrogens with two attached hydrogens (primary N) is 1. The van der Waals surface area contributed by atoms with Crippen LogP contribution in [0.2, 0.25) is 0 Å². The van der Waals surface area contributed by atoms with Crippen molar-refractivity contribution in [1.29, 1.82) is 0 Å². The molecular weight excluding hydrogens is 220 g/mol. The average molecular weight is 234 g/mol. The Kier molecular flexibility index (Phi) is 2.33. The molecule has 0 aliphatic heterocycles. The van der Waals surface area contributed by atoms with E-state index in [1.54, 1.807) is 17.6 Å². The molecule has 2 heterocycles. The number of thiazole rings is 1. The summed E-state index contributed by atoms with van der Waals surface area (Å²) in [5.41, 5.74) is 7.31. The van der Waals surface area contributed by atoms with Crippen LogP contribution < -0.4 is 5.73 Å². The lowest BCUT2D eigenvalue weighted by Gasteiger charge is -2.37. The van der Waals surface area contributed by atoms with Crippen LogP contribution in [-0.2, 0) is 6.42 Å². The summed E-state index contributed by atoms with van der Waals surface area (Å²) < 4.78 is 5.32. The van der Waals surface area contributed by atoms with Crippen molar-refractivity contribution < 1.29 is 4.42 Å². The molecule has 0 bridgehead atoms. The van der Waals surface area contributed by atoms with Crippen LogP contribution >= 0.6 is 11.3 Å². The SMILES string of the molecule is NC1(Cc2csc(-c3ccco3)n2)CCC1. The van der Waals surface area contributed by atoms with Gasteiger partial charge in [0.05, 0.1) is 12.0 Å². The molecule has 2 aromatic heterocycles. The molecule has 0 aromatic carbocycles. The van der Waals surface area contributed by atoms with Crippen molar-refractivity contribution >= 4 is 11.3 Å². The molecule has 1 fully saturated rings. The third-order valence-electron chi connectivity index (χ3n) is 3.17. The maximum atomic E-state index is 6.20. The third-order valence-corrected chi connectivity index (χ3v) is 4.07. The molecule has 3 nitrogen and oxygen atoms in total. The summed E-state index contributed by atoms with van der Waals surface area (Å²) in [4.78, 5) is 4.56.